The highest BCUT2D eigenvalue weighted by molar-refractivity contribution is 4.89. The maximum atomic E-state index is 5.88. The summed E-state index contributed by atoms with van der Waals surface area (Å²) in [5, 5.41) is 3.43. The van der Waals surface area contributed by atoms with Gasteiger partial charge in [0.1, 0.15) is 0 Å². The Morgan fingerprint density at radius 1 is 1.31 bits per heavy atom. The molecule has 3 unspecified atom stereocenters. The lowest BCUT2D eigenvalue weighted by Crippen LogP contribution is -2.53. The first-order chi connectivity index (χ1) is 7.70. The molecule has 0 aromatic rings. The normalized spacial score (nSPS) is 34.5. The molecule has 0 bridgehead atoms. The Balaban J connectivity index is 1.94. The van der Waals surface area contributed by atoms with E-state index in [0.29, 0.717) is 12.1 Å². The Morgan fingerprint density at radius 3 is 2.75 bits per heavy atom. The second-order valence-electron chi connectivity index (χ2n) is 5.55. The zero-order valence-corrected chi connectivity index (χ0v) is 10.9. The molecule has 3 atom stereocenters. The quantitative estimate of drug-likeness (QED) is 0.789. The summed E-state index contributed by atoms with van der Waals surface area (Å²) in [6.07, 6.45) is 3.10. The molecular formula is C13H26N2O. The predicted octanol–water partition coefficient (Wildman–Crippen LogP) is 1.48. The van der Waals surface area contributed by atoms with Crippen LogP contribution in [0.4, 0.5) is 0 Å². The molecule has 3 nitrogen and oxygen atoms in total. The molecule has 0 radical (unpaired) electrons. The molecule has 2 aliphatic heterocycles. The molecule has 16 heavy (non-hydrogen) atoms. The number of nitrogens with one attached hydrogen (secondary N) is 1. The highest BCUT2D eigenvalue weighted by Gasteiger charge is 2.34. The van der Waals surface area contributed by atoms with Crippen molar-refractivity contribution in [2.45, 2.75) is 51.8 Å². The first-order valence-corrected chi connectivity index (χ1v) is 6.78. The van der Waals surface area contributed by atoms with Crippen molar-refractivity contribution in [2.75, 3.05) is 26.2 Å². The van der Waals surface area contributed by atoms with E-state index in [1.807, 2.05) is 0 Å². The molecular weight excluding hydrogens is 200 g/mol. The van der Waals surface area contributed by atoms with Gasteiger partial charge in [-0.25, -0.2) is 0 Å². The predicted molar refractivity (Wildman–Crippen MR) is 66.6 cm³/mol. The molecule has 0 spiro atoms. The second-order valence-corrected chi connectivity index (χ2v) is 5.55. The third-order valence-electron chi connectivity index (χ3n) is 4.13. The number of hydrogen-bond donors (Lipinski definition) is 1. The Bertz CT molecular complexity index is 214. The van der Waals surface area contributed by atoms with Crippen molar-refractivity contribution in [3.05, 3.63) is 0 Å². The lowest BCUT2D eigenvalue weighted by Gasteiger charge is -2.39. The largest absolute Gasteiger partial charge is 0.374 e. The smallest absolute Gasteiger partial charge is 0.0852 e. The summed E-state index contributed by atoms with van der Waals surface area (Å²) in [7, 11) is 0. The van der Waals surface area contributed by atoms with Gasteiger partial charge in [-0.1, -0.05) is 13.8 Å². The highest BCUT2D eigenvalue weighted by Crippen LogP contribution is 2.27. The van der Waals surface area contributed by atoms with E-state index >= 15 is 0 Å². The topological polar surface area (TPSA) is 24.5 Å². The van der Waals surface area contributed by atoms with Gasteiger partial charge in [-0.05, 0) is 32.2 Å². The van der Waals surface area contributed by atoms with Crippen LogP contribution in [0.1, 0.15) is 33.6 Å². The monoisotopic (exact) mass is 226 g/mol. The molecule has 2 aliphatic rings. The lowest BCUT2D eigenvalue weighted by molar-refractivity contribution is -0.0333. The molecule has 2 rings (SSSR count). The van der Waals surface area contributed by atoms with E-state index in [1.165, 1.54) is 19.4 Å². The molecule has 0 aromatic carbocycles. The first-order valence-electron chi connectivity index (χ1n) is 6.78. The molecule has 0 amide bonds. The molecule has 0 aromatic heterocycles. The van der Waals surface area contributed by atoms with Gasteiger partial charge >= 0.3 is 0 Å². The van der Waals surface area contributed by atoms with Gasteiger partial charge in [0.25, 0.3) is 0 Å². The number of ether oxygens (including phenoxy) is 1. The number of hydrogen-bond acceptors (Lipinski definition) is 3. The van der Waals surface area contributed by atoms with Crippen LogP contribution >= 0.6 is 0 Å². The van der Waals surface area contributed by atoms with E-state index in [-0.39, 0.29) is 0 Å². The SMILES string of the molecule is CC(C)C1CCCN1C(C)C1CNCCO1. The van der Waals surface area contributed by atoms with Gasteiger partial charge in [0.2, 0.25) is 0 Å². The fraction of sp³-hybridized carbons (Fsp3) is 1.00. The van der Waals surface area contributed by atoms with Crippen molar-refractivity contribution in [2.24, 2.45) is 5.92 Å². The van der Waals surface area contributed by atoms with Crippen LogP contribution in [-0.2, 0) is 4.74 Å². The van der Waals surface area contributed by atoms with Crippen LogP contribution in [0.15, 0.2) is 0 Å². The lowest BCUT2D eigenvalue weighted by atomic mass is 9.99. The Morgan fingerprint density at radius 2 is 2.12 bits per heavy atom. The van der Waals surface area contributed by atoms with Gasteiger partial charge in [0.05, 0.1) is 12.7 Å². The van der Waals surface area contributed by atoms with E-state index in [1.54, 1.807) is 0 Å². The van der Waals surface area contributed by atoms with E-state index in [9.17, 15) is 0 Å². The molecule has 2 heterocycles. The summed E-state index contributed by atoms with van der Waals surface area (Å²) in [5.41, 5.74) is 0. The third-order valence-corrected chi connectivity index (χ3v) is 4.13. The Kier molecular flexibility index (Phi) is 4.22. The fourth-order valence-electron chi connectivity index (χ4n) is 3.15. The van der Waals surface area contributed by atoms with Crippen molar-refractivity contribution in [3.8, 4) is 0 Å². The van der Waals surface area contributed by atoms with Crippen LogP contribution in [0.2, 0.25) is 0 Å². The van der Waals surface area contributed by atoms with Crippen LogP contribution < -0.4 is 5.32 Å². The summed E-state index contributed by atoms with van der Waals surface area (Å²) in [5.74, 6) is 0.765. The standard InChI is InChI=1S/C13H26N2O/c1-10(2)12-5-4-7-15(12)11(3)13-9-14-6-8-16-13/h10-14H,4-9H2,1-3H3. The Labute approximate surface area is 99.5 Å². The van der Waals surface area contributed by atoms with Gasteiger partial charge in [0, 0.05) is 25.2 Å². The molecule has 0 aliphatic carbocycles. The average Bonchev–Trinajstić information content (AvgIpc) is 2.78. The summed E-state index contributed by atoms with van der Waals surface area (Å²) in [4.78, 5) is 2.67. The molecule has 94 valence electrons. The molecule has 0 saturated carbocycles. The van der Waals surface area contributed by atoms with Crippen LogP contribution in [0.5, 0.6) is 0 Å². The summed E-state index contributed by atoms with van der Waals surface area (Å²) >= 11 is 0. The van der Waals surface area contributed by atoms with E-state index in [2.05, 4.69) is 31.0 Å². The number of nitrogens with zero attached hydrogens (tertiary/aromatic N) is 1. The van der Waals surface area contributed by atoms with Gasteiger partial charge in [-0.3, -0.25) is 4.90 Å². The molecule has 2 fully saturated rings. The van der Waals surface area contributed by atoms with Crippen molar-refractivity contribution < 1.29 is 4.74 Å². The van der Waals surface area contributed by atoms with Crippen molar-refractivity contribution in [3.63, 3.8) is 0 Å². The van der Waals surface area contributed by atoms with Crippen molar-refractivity contribution in [1.82, 2.24) is 10.2 Å². The van der Waals surface area contributed by atoms with E-state index in [4.69, 9.17) is 4.74 Å². The minimum Gasteiger partial charge on any atom is -0.374 e. The molecule has 1 N–H and O–H groups in total. The van der Waals surface area contributed by atoms with Crippen LogP contribution in [0.3, 0.4) is 0 Å². The zero-order chi connectivity index (χ0) is 11.5. The van der Waals surface area contributed by atoms with Crippen molar-refractivity contribution in [1.29, 1.82) is 0 Å². The summed E-state index contributed by atoms with van der Waals surface area (Å²) < 4.78 is 5.88. The minimum absolute atomic E-state index is 0.382. The minimum atomic E-state index is 0.382. The van der Waals surface area contributed by atoms with E-state index in [0.717, 1.165) is 31.7 Å². The van der Waals surface area contributed by atoms with Gasteiger partial charge in [-0.2, -0.15) is 0 Å². The molecule has 2 saturated heterocycles. The molecule has 3 heteroatoms. The highest BCUT2D eigenvalue weighted by atomic mass is 16.5. The van der Waals surface area contributed by atoms with Crippen LogP contribution in [-0.4, -0.2) is 49.3 Å². The maximum absolute atomic E-state index is 5.88. The summed E-state index contributed by atoms with van der Waals surface area (Å²) in [6, 6.07) is 1.32. The van der Waals surface area contributed by atoms with Gasteiger partial charge < -0.3 is 10.1 Å². The zero-order valence-electron chi connectivity index (χ0n) is 10.9. The number of likely N-dealkylation sites (tertiary alicyclic amines) is 1. The van der Waals surface area contributed by atoms with Crippen molar-refractivity contribution >= 4 is 0 Å². The fourth-order valence-corrected chi connectivity index (χ4v) is 3.15. The Hall–Kier alpha value is -0.120. The van der Waals surface area contributed by atoms with E-state index < -0.39 is 0 Å². The number of morpholine rings is 1. The first kappa shape index (κ1) is 12.3. The average molecular weight is 226 g/mol. The van der Waals surface area contributed by atoms with Gasteiger partial charge in [-0.15, -0.1) is 0 Å². The number of rotatable bonds is 3. The second kappa shape index (κ2) is 5.48. The van der Waals surface area contributed by atoms with Crippen LogP contribution in [0, 0.1) is 5.92 Å². The van der Waals surface area contributed by atoms with Crippen LogP contribution in [0.25, 0.3) is 0 Å². The third kappa shape index (κ3) is 2.58. The van der Waals surface area contributed by atoms with Gasteiger partial charge in [0.15, 0.2) is 0 Å². The summed E-state index contributed by atoms with van der Waals surface area (Å²) in [6.45, 7) is 11.2. The maximum Gasteiger partial charge on any atom is 0.0852 e.